The van der Waals surface area contributed by atoms with E-state index in [1.54, 1.807) is 22.0 Å². The zero-order chi connectivity index (χ0) is 23.6. The Kier molecular flexibility index (Phi) is 10.2. The zero-order valence-corrected chi connectivity index (χ0v) is 20.1. The number of halogens is 2. The number of hydrazone groups is 1. The van der Waals surface area contributed by atoms with Crippen LogP contribution in [0.25, 0.3) is 0 Å². The minimum Gasteiger partial charge on any atom is -0.378 e. The minimum atomic E-state index is -0.0460. The fourth-order valence-corrected chi connectivity index (χ4v) is 4.08. The molecule has 11 heteroatoms. The Balaban J connectivity index is 1.35. The molecule has 182 valence electrons. The Bertz CT molecular complexity index is 846. The maximum absolute atomic E-state index is 12.5. The lowest BCUT2D eigenvalue weighted by atomic mass is 9.93. The predicted octanol–water partition coefficient (Wildman–Crippen LogP) is 2.25. The molecule has 0 aliphatic carbocycles. The first-order valence-electron chi connectivity index (χ1n) is 11.2. The second-order valence-corrected chi connectivity index (χ2v) is 8.86. The summed E-state index contributed by atoms with van der Waals surface area (Å²) in [6, 6.07) is 5.33. The fourth-order valence-electron chi connectivity index (χ4n) is 3.79. The van der Waals surface area contributed by atoms with Crippen LogP contribution in [0, 0.1) is 5.92 Å². The van der Waals surface area contributed by atoms with Crippen molar-refractivity contribution in [2.24, 2.45) is 16.8 Å². The van der Waals surface area contributed by atoms with Crippen LogP contribution < -0.4 is 16.1 Å². The van der Waals surface area contributed by atoms with Crippen molar-refractivity contribution in [2.75, 3.05) is 57.6 Å². The molecule has 3 rings (SSSR count). The van der Waals surface area contributed by atoms with Gasteiger partial charge >= 0.3 is 0 Å². The summed E-state index contributed by atoms with van der Waals surface area (Å²) in [5.74, 6) is 0.814. The average molecular weight is 500 g/mol. The Labute approximate surface area is 204 Å². The largest absolute Gasteiger partial charge is 0.378 e. The highest BCUT2D eigenvalue weighted by Crippen LogP contribution is 2.28. The molecular weight excluding hydrogens is 469 g/mol. The van der Waals surface area contributed by atoms with Crippen LogP contribution >= 0.6 is 23.2 Å². The third-order valence-corrected chi connectivity index (χ3v) is 6.33. The Morgan fingerprint density at radius 2 is 1.85 bits per heavy atom. The molecule has 0 bridgehead atoms. The number of piperidine rings is 1. The van der Waals surface area contributed by atoms with Gasteiger partial charge < -0.3 is 25.4 Å². The van der Waals surface area contributed by atoms with Gasteiger partial charge in [-0.2, -0.15) is 5.10 Å². The lowest BCUT2D eigenvalue weighted by Gasteiger charge is -2.31. The highest BCUT2D eigenvalue weighted by Gasteiger charge is 2.25. The van der Waals surface area contributed by atoms with Crippen LogP contribution in [-0.2, 0) is 19.1 Å². The lowest BCUT2D eigenvalue weighted by Crippen LogP contribution is -2.41. The van der Waals surface area contributed by atoms with Gasteiger partial charge in [0.15, 0.2) is 0 Å². The molecule has 9 nitrogen and oxygen atoms in total. The summed E-state index contributed by atoms with van der Waals surface area (Å²) in [5.41, 5.74) is 6.17. The molecule has 0 saturated carbocycles. The molecular formula is C22H31Cl2N5O4. The van der Waals surface area contributed by atoms with Gasteiger partial charge in [0.05, 0.1) is 35.6 Å². The molecule has 1 saturated heterocycles. The van der Waals surface area contributed by atoms with Crippen molar-refractivity contribution in [3.05, 3.63) is 28.2 Å². The van der Waals surface area contributed by atoms with Gasteiger partial charge in [0.25, 0.3) is 0 Å². The number of amides is 2. The Morgan fingerprint density at radius 3 is 2.58 bits per heavy atom. The van der Waals surface area contributed by atoms with Crippen LogP contribution in [-0.4, -0.2) is 75.2 Å². The maximum Gasteiger partial charge on any atom is 0.248 e. The number of nitrogens with one attached hydrogen (secondary N) is 1. The molecule has 0 aromatic heterocycles. The van der Waals surface area contributed by atoms with E-state index in [1.165, 1.54) is 0 Å². The Hall–Kier alpha value is -1.91. The van der Waals surface area contributed by atoms with Crippen LogP contribution in [0.1, 0.15) is 25.7 Å². The van der Waals surface area contributed by atoms with Gasteiger partial charge in [-0.1, -0.05) is 23.2 Å². The molecule has 3 N–H and O–H groups in total. The number of carbonyl (C=O) groups is 2. The lowest BCUT2D eigenvalue weighted by molar-refractivity contribution is -0.138. The molecule has 2 aliphatic rings. The quantitative estimate of drug-likeness (QED) is 0.477. The highest BCUT2D eigenvalue weighted by atomic mass is 35.5. The maximum atomic E-state index is 12.5. The third kappa shape index (κ3) is 8.12. The minimum absolute atomic E-state index is 0.0283. The topological polar surface area (TPSA) is 109 Å². The van der Waals surface area contributed by atoms with E-state index in [4.69, 9.17) is 38.4 Å². The number of anilines is 1. The second-order valence-electron chi connectivity index (χ2n) is 8.05. The summed E-state index contributed by atoms with van der Waals surface area (Å²) in [6.45, 7) is 3.73. The van der Waals surface area contributed by atoms with Crippen LogP contribution in [0.2, 0.25) is 10.0 Å². The smallest absolute Gasteiger partial charge is 0.248 e. The summed E-state index contributed by atoms with van der Waals surface area (Å²) < 4.78 is 10.6. The van der Waals surface area contributed by atoms with Crippen molar-refractivity contribution in [3.8, 4) is 0 Å². The number of rotatable bonds is 10. The number of likely N-dealkylation sites (tertiary alicyclic amines) is 1. The average Bonchev–Trinajstić information content (AvgIpc) is 3.26. The predicted molar refractivity (Wildman–Crippen MR) is 129 cm³/mol. The van der Waals surface area contributed by atoms with Gasteiger partial charge in [-0.3, -0.25) is 14.6 Å². The number of amidine groups is 1. The molecule has 0 radical (unpaired) electrons. The number of carbonyl (C=O) groups excluding carboxylic acids is 2. The molecule has 2 heterocycles. The molecule has 33 heavy (non-hydrogen) atoms. The van der Waals surface area contributed by atoms with Crippen LogP contribution in [0.5, 0.6) is 0 Å². The molecule has 2 aliphatic heterocycles. The molecule has 0 unspecified atom stereocenters. The summed E-state index contributed by atoms with van der Waals surface area (Å²) >= 11 is 12.1. The Morgan fingerprint density at radius 1 is 1.09 bits per heavy atom. The molecule has 1 aromatic rings. The van der Waals surface area contributed by atoms with Gasteiger partial charge in [-0.15, -0.1) is 0 Å². The standard InChI is InChI=1S/C22H31Cl2N5O4/c23-18-2-1-17(14-19(18)24)29-9-5-20(27-29)26-21(30)13-16-3-7-28(8-4-16)22(31)15-33-12-11-32-10-6-25/h1-2,14,16H,3-13,15,25H2,(H,26,27,30). The third-order valence-electron chi connectivity index (χ3n) is 5.59. The summed E-state index contributed by atoms with van der Waals surface area (Å²) in [4.78, 5) is 26.6. The number of ether oxygens (including phenoxy) is 2. The first-order valence-corrected chi connectivity index (χ1v) is 11.9. The van der Waals surface area contributed by atoms with E-state index in [1.807, 2.05) is 6.07 Å². The van der Waals surface area contributed by atoms with Crippen LogP contribution in [0.4, 0.5) is 5.69 Å². The van der Waals surface area contributed by atoms with Crippen molar-refractivity contribution in [2.45, 2.75) is 25.7 Å². The van der Waals surface area contributed by atoms with E-state index in [-0.39, 0.29) is 24.3 Å². The van der Waals surface area contributed by atoms with Crippen molar-refractivity contribution in [1.29, 1.82) is 0 Å². The zero-order valence-electron chi connectivity index (χ0n) is 18.6. The summed E-state index contributed by atoms with van der Waals surface area (Å²) in [6.07, 6.45) is 2.65. The van der Waals surface area contributed by atoms with Gasteiger partial charge in [0, 0.05) is 39.0 Å². The summed E-state index contributed by atoms with van der Waals surface area (Å²) in [7, 11) is 0. The number of hydrogen-bond acceptors (Lipinski definition) is 7. The van der Waals surface area contributed by atoms with Gasteiger partial charge in [-0.05, 0) is 37.0 Å². The number of nitrogens with zero attached hydrogens (tertiary/aromatic N) is 3. The van der Waals surface area contributed by atoms with Crippen LogP contribution in [0.15, 0.2) is 23.3 Å². The first kappa shape index (κ1) is 25.7. The monoisotopic (exact) mass is 499 g/mol. The highest BCUT2D eigenvalue weighted by molar-refractivity contribution is 6.42. The molecule has 1 fully saturated rings. The van der Waals surface area contributed by atoms with Crippen molar-refractivity contribution < 1.29 is 19.1 Å². The van der Waals surface area contributed by atoms with Gasteiger partial charge in [-0.25, -0.2) is 0 Å². The van der Waals surface area contributed by atoms with Crippen molar-refractivity contribution >= 4 is 46.5 Å². The van der Waals surface area contributed by atoms with E-state index in [2.05, 4.69) is 10.4 Å². The van der Waals surface area contributed by atoms with E-state index in [9.17, 15) is 9.59 Å². The normalized spacial score (nSPS) is 16.8. The summed E-state index contributed by atoms with van der Waals surface area (Å²) in [5, 5.41) is 10.2. The van der Waals surface area contributed by atoms with Gasteiger partial charge in [0.1, 0.15) is 12.4 Å². The van der Waals surface area contributed by atoms with E-state index in [0.717, 1.165) is 18.5 Å². The molecule has 0 spiro atoms. The van der Waals surface area contributed by atoms with Crippen molar-refractivity contribution in [1.82, 2.24) is 10.2 Å². The van der Waals surface area contributed by atoms with E-state index in [0.29, 0.717) is 74.7 Å². The first-order chi connectivity index (χ1) is 16.0. The molecule has 0 atom stereocenters. The van der Waals surface area contributed by atoms with E-state index < -0.39 is 0 Å². The molecule has 2 amide bonds. The molecule has 1 aromatic carbocycles. The fraction of sp³-hybridized carbons (Fsp3) is 0.591. The SMILES string of the molecule is NCCOCCOCC(=O)N1CCC(CC(=O)NC2=NN(c3ccc(Cl)c(Cl)c3)CC2)CC1. The van der Waals surface area contributed by atoms with E-state index >= 15 is 0 Å². The number of hydrogen-bond donors (Lipinski definition) is 2. The number of nitrogens with two attached hydrogens (primary N) is 1. The van der Waals surface area contributed by atoms with Crippen LogP contribution in [0.3, 0.4) is 0 Å². The van der Waals surface area contributed by atoms with Crippen molar-refractivity contribution in [3.63, 3.8) is 0 Å². The van der Waals surface area contributed by atoms with Gasteiger partial charge in [0.2, 0.25) is 11.8 Å². The second kappa shape index (κ2) is 13.1. The number of benzene rings is 1.